The number of anilines is 2. The van der Waals surface area contributed by atoms with Crippen molar-refractivity contribution in [3.8, 4) is 11.3 Å². The summed E-state index contributed by atoms with van der Waals surface area (Å²) in [5, 5.41) is 0. The van der Waals surface area contributed by atoms with E-state index in [-0.39, 0.29) is 34.4 Å². The van der Waals surface area contributed by atoms with E-state index >= 15 is 0 Å². The van der Waals surface area contributed by atoms with E-state index in [1.165, 1.54) is 16.8 Å². The van der Waals surface area contributed by atoms with Gasteiger partial charge in [-0.25, -0.2) is 31.6 Å². The number of nitrogen functional groups attached to an aromatic ring is 1. The Kier molecular flexibility index (Phi) is 6.15. The first-order valence-electron chi connectivity index (χ1n) is 9.12. The zero-order valence-electron chi connectivity index (χ0n) is 16.5. The number of hydrogen-bond donors (Lipinski definition) is 2. The van der Waals surface area contributed by atoms with Crippen LogP contribution in [0.3, 0.4) is 0 Å². The molecule has 3 N–H and O–H groups in total. The van der Waals surface area contributed by atoms with Gasteiger partial charge in [0.2, 0.25) is 22.4 Å². The van der Waals surface area contributed by atoms with Crippen LogP contribution in [0.1, 0.15) is 26.3 Å². The minimum Gasteiger partial charge on any atom is -0.368 e. The minimum absolute atomic E-state index is 0.0367. The molecule has 3 aromatic rings. The Morgan fingerprint density at radius 2 is 1.94 bits per heavy atom. The largest absolute Gasteiger partial charge is 0.368 e. The molecule has 0 bridgehead atoms. The van der Waals surface area contributed by atoms with Crippen molar-refractivity contribution in [2.75, 3.05) is 16.2 Å². The first-order valence-corrected chi connectivity index (χ1v) is 10.8. The Morgan fingerprint density at radius 1 is 1.23 bits per heavy atom. The third-order valence-electron chi connectivity index (χ3n) is 4.28. The zero-order chi connectivity index (χ0) is 22.9. The molecule has 2 heterocycles. The molecular weight excluding hydrogens is 437 g/mol. The molecule has 0 aliphatic heterocycles. The summed E-state index contributed by atoms with van der Waals surface area (Å²) in [7, 11) is -4.17. The highest BCUT2D eigenvalue weighted by molar-refractivity contribution is 7.92. The van der Waals surface area contributed by atoms with E-state index < -0.39 is 45.7 Å². The molecule has 0 saturated carbocycles. The van der Waals surface area contributed by atoms with Crippen LogP contribution >= 0.6 is 0 Å². The lowest BCUT2D eigenvalue weighted by atomic mass is 10.1. The Bertz CT molecular complexity index is 1290. The van der Waals surface area contributed by atoms with Gasteiger partial charge in [0.25, 0.3) is 5.56 Å². The molecule has 0 aliphatic carbocycles. The molecule has 0 amide bonds. The molecular formula is C18H19F3N6O3S. The second-order valence-corrected chi connectivity index (χ2v) is 8.80. The summed E-state index contributed by atoms with van der Waals surface area (Å²) in [5.74, 6) is -1.89. The van der Waals surface area contributed by atoms with E-state index in [4.69, 9.17) is 5.73 Å². The van der Waals surface area contributed by atoms with Gasteiger partial charge in [0.05, 0.1) is 17.6 Å². The van der Waals surface area contributed by atoms with E-state index in [9.17, 15) is 26.4 Å². The lowest BCUT2D eigenvalue weighted by Gasteiger charge is -2.15. The van der Waals surface area contributed by atoms with Gasteiger partial charge in [-0.1, -0.05) is 6.07 Å². The van der Waals surface area contributed by atoms with Crippen molar-refractivity contribution in [1.82, 2.24) is 19.5 Å². The van der Waals surface area contributed by atoms with E-state index in [0.717, 1.165) is 12.1 Å². The van der Waals surface area contributed by atoms with Crippen LogP contribution in [0, 0.1) is 5.82 Å². The van der Waals surface area contributed by atoms with Gasteiger partial charge in [-0.3, -0.25) is 14.1 Å². The third-order valence-corrected chi connectivity index (χ3v) is 5.58. The first-order chi connectivity index (χ1) is 14.5. The van der Waals surface area contributed by atoms with Gasteiger partial charge in [0, 0.05) is 18.0 Å². The van der Waals surface area contributed by atoms with Gasteiger partial charge in [0.1, 0.15) is 17.0 Å². The fraction of sp³-hybridized carbons (Fsp3) is 0.333. The SMILES string of the molecule is CC(C)n1c(=O)c(-c2ccc(NS(=O)(=O)CCC(F)F)c(F)c2)nc2cnc(N)nc21. The summed E-state index contributed by atoms with van der Waals surface area (Å²) in [4.78, 5) is 25.1. The Labute approximate surface area is 175 Å². The predicted molar refractivity (Wildman–Crippen MR) is 110 cm³/mol. The molecule has 3 rings (SSSR count). The van der Waals surface area contributed by atoms with Crippen LogP contribution in [-0.4, -0.2) is 40.1 Å². The molecule has 0 aliphatic rings. The second kappa shape index (κ2) is 8.49. The van der Waals surface area contributed by atoms with Crippen molar-refractivity contribution in [3.63, 3.8) is 0 Å². The van der Waals surface area contributed by atoms with Crippen LogP contribution in [0.25, 0.3) is 22.4 Å². The van der Waals surface area contributed by atoms with Gasteiger partial charge in [0.15, 0.2) is 5.65 Å². The Morgan fingerprint density at radius 3 is 2.55 bits per heavy atom. The highest BCUT2D eigenvalue weighted by Crippen LogP contribution is 2.24. The van der Waals surface area contributed by atoms with Crippen LogP contribution in [-0.2, 0) is 10.0 Å². The predicted octanol–water partition coefficient (Wildman–Crippen LogP) is 2.55. The number of benzene rings is 1. The number of halogens is 3. The quantitative estimate of drug-likeness (QED) is 0.558. The van der Waals surface area contributed by atoms with Crippen LogP contribution < -0.4 is 16.0 Å². The van der Waals surface area contributed by atoms with Crippen molar-refractivity contribution >= 4 is 32.8 Å². The van der Waals surface area contributed by atoms with Gasteiger partial charge < -0.3 is 5.73 Å². The molecule has 166 valence electrons. The number of fused-ring (bicyclic) bond motifs is 1. The van der Waals surface area contributed by atoms with Crippen LogP contribution in [0.2, 0.25) is 0 Å². The zero-order valence-corrected chi connectivity index (χ0v) is 17.3. The van der Waals surface area contributed by atoms with Crippen LogP contribution in [0.4, 0.5) is 24.8 Å². The summed E-state index contributed by atoms with van der Waals surface area (Å²) in [6.07, 6.45) is -2.34. The number of nitrogens with two attached hydrogens (primary N) is 1. The Hall–Kier alpha value is -3.22. The standard InChI is InChI=1S/C18H19F3N6O3S/c1-9(2)27-16-13(8-23-18(22)25-16)24-15(17(27)28)10-3-4-12(11(19)7-10)26-31(29,30)6-5-14(20)21/h3-4,7-9,14,26H,5-6H2,1-2H3,(H2,22,23,25). The van der Waals surface area contributed by atoms with Gasteiger partial charge in [-0.05, 0) is 26.0 Å². The van der Waals surface area contributed by atoms with E-state index in [0.29, 0.717) is 0 Å². The summed E-state index contributed by atoms with van der Waals surface area (Å²) >= 11 is 0. The lowest BCUT2D eigenvalue weighted by Crippen LogP contribution is -2.26. The molecule has 0 fully saturated rings. The van der Waals surface area contributed by atoms with E-state index in [1.54, 1.807) is 13.8 Å². The molecule has 0 atom stereocenters. The highest BCUT2D eigenvalue weighted by atomic mass is 32.2. The second-order valence-electron chi connectivity index (χ2n) is 6.96. The van der Waals surface area contributed by atoms with Crippen molar-refractivity contribution in [1.29, 1.82) is 0 Å². The molecule has 0 saturated heterocycles. The number of nitrogens with zero attached hydrogens (tertiary/aromatic N) is 4. The fourth-order valence-corrected chi connectivity index (χ4v) is 3.98. The topological polar surface area (TPSA) is 133 Å². The fourth-order valence-electron chi connectivity index (χ4n) is 2.89. The van der Waals surface area contributed by atoms with Crippen molar-refractivity contribution in [2.45, 2.75) is 32.7 Å². The van der Waals surface area contributed by atoms with E-state index in [1.807, 2.05) is 4.72 Å². The first kappa shape index (κ1) is 22.5. The normalized spacial score (nSPS) is 12.1. The summed E-state index contributed by atoms with van der Waals surface area (Å²) in [6, 6.07) is 3.00. The molecule has 1 aromatic carbocycles. The summed E-state index contributed by atoms with van der Waals surface area (Å²) in [6.45, 7) is 3.50. The number of aromatic nitrogens is 4. The van der Waals surface area contributed by atoms with Gasteiger partial charge in [-0.2, -0.15) is 4.98 Å². The van der Waals surface area contributed by atoms with Crippen molar-refractivity contribution < 1.29 is 21.6 Å². The molecule has 2 aromatic heterocycles. The lowest BCUT2D eigenvalue weighted by molar-refractivity contribution is 0.145. The average Bonchev–Trinajstić information content (AvgIpc) is 2.67. The smallest absolute Gasteiger partial charge is 0.278 e. The molecule has 0 radical (unpaired) electrons. The number of alkyl halides is 2. The van der Waals surface area contributed by atoms with Crippen LogP contribution in [0.5, 0.6) is 0 Å². The van der Waals surface area contributed by atoms with Gasteiger partial charge >= 0.3 is 0 Å². The maximum Gasteiger partial charge on any atom is 0.278 e. The molecule has 9 nitrogen and oxygen atoms in total. The van der Waals surface area contributed by atoms with Gasteiger partial charge in [-0.15, -0.1) is 0 Å². The molecule has 0 spiro atoms. The number of nitrogens with one attached hydrogen (secondary N) is 1. The number of rotatable bonds is 7. The number of sulfonamides is 1. The highest BCUT2D eigenvalue weighted by Gasteiger charge is 2.20. The average molecular weight is 456 g/mol. The maximum absolute atomic E-state index is 14.6. The minimum atomic E-state index is -4.17. The monoisotopic (exact) mass is 456 g/mol. The third kappa shape index (κ3) is 4.93. The van der Waals surface area contributed by atoms with Crippen molar-refractivity contribution in [3.05, 3.63) is 40.6 Å². The number of hydrogen-bond acceptors (Lipinski definition) is 7. The van der Waals surface area contributed by atoms with Crippen molar-refractivity contribution in [2.24, 2.45) is 0 Å². The molecule has 13 heteroatoms. The van der Waals surface area contributed by atoms with Crippen LogP contribution in [0.15, 0.2) is 29.2 Å². The molecule has 31 heavy (non-hydrogen) atoms. The maximum atomic E-state index is 14.6. The Balaban J connectivity index is 2.04. The molecule has 0 unspecified atom stereocenters. The summed E-state index contributed by atoms with van der Waals surface area (Å²) < 4.78 is 66.1. The summed E-state index contributed by atoms with van der Waals surface area (Å²) in [5.41, 5.74) is 5.10. The van der Waals surface area contributed by atoms with E-state index in [2.05, 4.69) is 15.0 Å².